The zero-order chi connectivity index (χ0) is 14.1. The fraction of sp³-hybridized carbons (Fsp3) is 0.625. The molecule has 0 radical (unpaired) electrons. The lowest BCUT2D eigenvalue weighted by atomic mass is 10.0. The fourth-order valence-corrected chi connectivity index (χ4v) is 2.80. The van der Waals surface area contributed by atoms with Crippen LogP contribution in [0.1, 0.15) is 31.4 Å². The van der Waals surface area contributed by atoms with Crippen LogP contribution in [0, 0.1) is 0 Å². The summed E-state index contributed by atoms with van der Waals surface area (Å²) in [5, 5.41) is 3.43. The van der Waals surface area contributed by atoms with Crippen LogP contribution < -0.4 is 5.32 Å². The first kappa shape index (κ1) is 16.5. The number of thioether (sulfide) groups is 1. The highest BCUT2D eigenvalue weighted by Gasteiger charge is 2.13. The van der Waals surface area contributed by atoms with Gasteiger partial charge in [-0.05, 0) is 58.0 Å². The summed E-state index contributed by atoms with van der Waals surface area (Å²) in [6, 6.07) is 11.8. The summed E-state index contributed by atoms with van der Waals surface area (Å²) < 4.78 is 0. The van der Waals surface area contributed by atoms with Gasteiger partial charge < -0.3 is 10.2 Å². The molecule has 0 bridgehead atoms. The molecule has 1 aromatic rings. The quantitative estimate of drug-likeness (QED) is 0.746. The summed E-state index contributed by atoms with van der Waals surface area (Å²) in [4.78, 5) is 2.48. The van der Waals surface area contributed by atoms with Gasteiger partial charge in [-0.25, -0.2) is 0 Å². The topological polar surface area (TPSA) is 15.3 Å². The first-order valence-electron chi connectivity index (χ1n) is 7.10. The van der Waals surface area contributed by atoms with E-state index in [1.807, 2.05) is 11.8 Å². The highest BCUT2D eigenvalue weighted by molar-refractivity contribution is 7.98. The minimum absolute atomic E-state index is 0.455. The molecule has 1 aromatic carbocycles. The molecule has 0 spiro atoms. The molecule has 19 heavy (non-hydrogen) atoms. The van der Waals surface area contributed by atoms with Crippen LogP contribution in [0.25, 0.3) is 0 Å². The number of rotatable bonds is 9. The normalized spacial score (nSPS) is 14.6. The highest BCUT2D eigenvalue weighted by Crippen LogP contribution is 2.17. The largest absolute Gasteiger partial charge is 0.313 e. The van der Waals surface area contributed by atoms with E-state index in [1.54, 1.807) is 0 Å². The molecule has 0 aromatic heterocycles. The Balaban J connectivity index is 2.41. The van der Waals surface area contributed by atoms with Gasteiger partial charge in [0.1, 0.15) is 0 Å². The zero-order valence-corrected chi connectivity index (χ0v) is 13.5. The van der Waals surface area contributed by atoms with Crippen LogP contribution in [-0.2, 0) is 0 Å². The van der Waals surface area contributed by atoms with Crippen molar-refractivity contribution < 1.29 is 0 Å². The molecule has 0 saturated carbocycles. The minimum atomic E-state index is 0.455. The third-order valence-corrected chi connectivity index (χ3v) is 4.46. The van der Waals surface area contributed by atoms with E-state index in [-0.39, 0.29) is 0 Å². The number of benzene rings is 1. The van der Waals surface area contributed by atoms with Gasteiger partial charge in [0.05, 0.1) is 0 Å². The third-order valence-electron chi connectivity index (χ3n) is 3.81. The van der Waals surface area contributed by atoms with Crippen molar-refractivity contribution in [2.24, 2.45) is 0 Å². The summed E-state index contributed by atoms with van der Waals surface area (Å²) in [5.41, 5.74) is 1.38. The lowest BCUT2D eigenvalue weighted by Gasteiger charge is -2.27. The van der Waals surface area contributed by atoms with E-state index in [0.717, 1.165) is 13.0 Å². The van der Waals surface area contributed by atoms with Crippen LogP contribution in [-0.4, -0.2) is 43.6 Å². The summed E-state index contributed by atoms with van der Waals surface area (Å²) in [5.74, 6) is 1.25. The Bertz CT molecular complexity index is 329. The van der Waals surface area contributed by atoms with Gasteiger partial charge in [0.25, 0.3) is 0 Å². The van der Waals surface area contributed by atoms with E-state index < -0.39 is 0 Å². The molecule has 2 unspecified atom stereocenters. The number of hydrogen-bond acceptors (Lipinski definition) is 3. The summed E-state index contributed by atoms with van der Waals surface area (Å²) >= 11 is 1.93. The van der Waals surface area contributed by atoms with Gasteiger partial charge in [-0.3, -0.25) is 0 Å². The molecule has 0 aliphatic rings. The molecule has 0 aliphatic carbocycles. The lowest BCUT2D eigenvalue weighted by Crippen LogP contribution is -2.32. The van der Waals surface area contributed by atoms with Crippen LogP contribution >= 0.6 is 11.8 Å². The van der Waals surface area contributed by atoms with Crippen LogP contribution in [0.5, 0.6) is 0 Å². The average Bonchev–Trinajstić information content (AvgIpc) is 2.46. The van der Waals surface area contributed by atoms with Crippen molar-refractivity contribution in [2.75, 3.05) is 32.6 Å². The Morgan fingerprint density at radius 3 is 2.47 bits per heavy atom. The van der Waals surface area contributed by atoms with Gasteiger partial charge in [-0.1, -0.05) is 30.3 Å². The van der Waals surface area contributed by atoms with Gasteiger partial charge in [-0.15, -0.1) is 0 Å². The SMILES string of the molecule is CNC(CCN(C)C(C)CCSC)c1ccccc1. The first-order chi connectivity index (χ1) is 9.19. The molecule has 1 N–H and O–H groups in total. The summed E-state index contributed by atoms with van der Waals surface area (Å²) in [6.07, 6.45) is 4.60. The van der Waals surface area contributed by atoms with E-state index in [0.29, 0.717) is 12.1 Å². The maximum atomic E-state index is 3.43. The first-order valence-corrected chi connectivity index (χ1v) is 8.49. The molecular formula is C16H28N2S. The lowest BCUT2D eigenvalue weighted by molar-refractivity contribution is 0.240. The number of nitrogens with one attached hydrogen (secondary N) is 1. The molecule has 2 atom stereocenters. The van der Waals surface area contributed by atoms with E-state index in [9.17, 15) is 0 Å². The summed E-state index contributed by atoms with van der Waals surface area (Å²) in [7, 11) is 4.29. The van der Waals surface area contributed by atoms with E-state index >= 15 is 0 Å². The van der Waals surface area contributed by atoms with Crippen LogP contribution in [0.4, 0.5) is 0 Å². The minimum Gasteiger partial charge on any atom is -0.313 e. The van der Waals surface area contributed by atoms with Crippen molar-refractivity contribution in [3.63, 3.8) is 0 Å². The van der Waals surface area contributed by atoms with Crippen molar-refractivity contribution >= 4 is 11.8 Å². The molecule has 108 valence electrons. The number of hydrogen-bond donors (Lipinski definition) is 1. The Labute approximate surface area is 123 Å². The Hall–Kier alpha value is -0.510. The molecule has 2 nitrogen and oxygen atoms in total. The van der Waals surface area contributed by atoms with Crippen molar-refractivity contribution in [2.45, 2.75) is 31.8 Å². The maximum absolute atomic E-state index is 3.43. The Kier molecular flexibility index (Phi) is 8.19. The van der Waals surface area contributed by atoms with Gasteiger partial charge in [0.2, 0.25) is 0 Å². The van der Waals surface area contributed by atoms with Gasteiger partial charge in [-0.2, -0.15) is 11.8 Å². The number of nitrogens with zero attached hydrogens (tertiary/aromatic N) is 1. The van der Waals surface area contributed by atoms with Crippen molar-refractivity contribution in [1.29, 1.82) is 0 Å². The monoisotopic (exact) mass is 280 g/mol. The van der Waals surface area contributed by atoms with Crippen molar-refractivity contribution in [3.8, 4) is 0 Å². The van der Waals surface area contributed by atoms with Crippen molar-refractivity contribution in [1.82, 2.24) is 10.2 Å². The second-order valence-corrected chi connectivity index (χ2v) is 6.14. The van der Waals surface area contributed by atoms with Crippen LogP contribution in [0.3, 0.4) is 0 Å². The van der Waals surface area contributed by atoms with E-state index in [1.165, 1.54) is 17.7 Å². The smallest absolute Gasteiger partial charge is 0.0329 e. The molecule has 0 amide bonds. The third kappa shape index (κ3) is 5.98. The van der Waals surface area contributed by atoms with Crippen LogP contribution in [0.15, 0.2) is 30.3 Å². The predicted octanol–water partition coefficient (Wildman–Crippen LogP) is 3.41. The zero-order valence-electron chi connectivity index (χ0n) is 12.7. The summed E-state index contributed by atoms with van der Waals surface area (Å²) in [6.45, 7) is 3.46. The van der Waals surface area contributed by atoms with E-state index in [4.69, 9.17) is 0 Å². The molecule has 1 rings (SSSR count). The molecule has 0 heterocycles. The molecular weight excluding hydrogens is 252 g/mol. The highest BCUT2D eigenvalue weighted by atomic mass is 32.2. The maximum Gasteiger partial charge on any atom is 0.0329 e. The Morgan fingerprint density at radius 1 is 1.21 bits per heavy atom. The second kappa shape index (κ2) is 9.40. The average molecular weight is 280 g/mol. The van der Waals surface area contributed by atoms with Gasteiger partial charge in [0, 0.05) is 12.1 Å². The predicted molar refractivity (Wildman–Crippen MR) is 88.0 cm³/mol. The molecule has 0 fully saturated rings. The Morgan fingerprint density at radius 2 is 1.89 bits per heavy atom. The van der Waals surface area contributed by atoms with Crippen molar-refractivity contribution in [3.05, 3.63) is 35.9 Å². The second-order valence-electron chi connectivity index (χ2n) is 5.15. The van der Waals surface area contributed by atoms with Gasteiger partial charge in [0.15, 0.2) is 0 Å². The van der Waals surface area contributed by atoms with Gasteiger partial charge >= 0.3 is 0 Å². The fourth-order valence-electron chi connectivity index (χ4n) is 2.22. The molecule has 0 aliphatic heterocycles. The molecule has 0 saturated heterocycles. The standard InChI is InChI=1S/C16H28N2S/c1-14(11-13-19-4)18(3)12-10-16(17-2)15-8-6-5-7-9-15/h5-9,14,16-17H,10-13H2,1-4H3. The molecule has 3 heteroatoms. The van der Waals surface area contributed by atoms with Crippen LogP contribution in [0.2, 0.25) is 0 Å². The van der Waals surface area contributed by atoms with E-state index in [2.05, 4.69) is 67.8 Å².